The monoisotopic (exact) mass is 437 g/mol. The van der Waals surface area contributed by atoms with Crippen LogP contribution in [0.3, 0.4) is 0 Å². The van der Waals surface area contributed by atoms with Gasteiger partial charge < -0.3 is 19.9 Å². The Bertz CT molecular complexity index is 1130. The van der Waals surface area contributed by atoms with Crippen LogP contribution in [-0.2, 0) is 18.4 Å². The SMILES string of the molecule is CN=C(NCc1cccnc1Oc1cccc(F)c1)N1CCN(c2cnn(C)c2)C(=O)C1. The Kier molecular flexibility index (Phi) is 6.29. The molecule has 0 atom stereocenters. The molecule has 1 N–H and O–H groups in total. The van der Waals surface area contributed by atoms with Crippen LogP contribution in [0.2, 0.25) is 0 Å². The smallest absolute Gasteiger partial charge is 0.246 e. The van der Waals surface area contributed by atoms with Gasteiger partial charge in [0.05, 0.1) is 11.9 Å². The number of aromatic nitrogens is 3. The van der Waals surface area contributed by atoms with E-state index >= 15 is 0 Å². The number of aliphatic imine (C=N–C) groups is 1. The highest BCUT2D eigenvalue weighted by Gasteiger charge is 2.27. The number of piperazine rings is 1. The van der Waals surface area contributed by atoms with E-state index in [-0.39, 0.29) is 18.3 Å². The van der Waals surface area contributed by atoms with Gasteiger partial charge in [0.25, 0.3) is 0 Å². The third-order valence-corrected chi connectivity index (χ3v) is 5.03. The number of nitrogens with zero attached hydrogens (tertiary/aromatic N) is 6. The van der Waals surface area contributed by atoms with Gasteiger partial charge in [-0.2, -0.15) is 5.10 Å². The molecule has 0 unspecified atom stereocenters. The second-order valence-corrected chi connectivity index (χ2v) is 7.27. The molecule has 0 radical (unpaired) electrons. The second kappa shape index (κ2) is 9.46. The van der Waals surface area contributed by atoms with E-state index in [9.17, 15) is 9.18 Å². The molecule has 4 rings (SSSR count). The maximum Gasteiger partial charge on any atom is 0.246 e. The highest BCUT2D eigenvalue weighted by atomic mass is 19.1. The number of pyridine rings is 1. The lowest BCUT2D eigenvalue weighted by molar-refractivity contribution is -0.120. The fraction of sp³-hybridized carbons (Fsp3) is 0.273. The predicted molar refractivity (Wildman–Crippen MR) is 118 cm³/mol. The summed E-state index contributed by atoms with van der Waals surface area (Å²) in [4.78, 5) is 24.9. The molecule has 1 aliphatic rings. The minimum atomic E-state index is -0.381. The van der Waals surface area contributed by atoms with Gasteiger partial charge in [-0.1, -0.05) is 12.1 Å². The Hall–Kier alpha value is -3.95. The molecule has 166 valence electrons. The topological polar surface area (TPSA) is 87.9 Å². The number of carbonyl (C=O) groups is 1. The van der Waals surface area contributed by atoms with Crippen LogP contribution in [0, 0.1) is 5.82 Å². The Labute approximate surface area is 185 Å². The summed E-state index contributed by atoms with van der Waals surface area (Å²) < 4.78 is 20.9. The summed E-state index contributed by atoms with van der Waals surface area (Å²) in [7, 11) is 3.49. The van der Waals surface area contributed by atoms with Gasteiger partial charge in [-0.25, -0.2) is 9.37 Å². The maximum absolute atomic E-state index is 13.5. The Morgan fingerprint density at radius 3 is 2.88 bits per heavy atom. The average Bonchev–Trinajstić information content (AvgIpc) is 3.21. The molecule has 0 bridgehead atoms. The fourth-order valence-corrected chi connectivity index (χ4v) is 3.47. The Balaban J connectivity index is 1.40. The van der Waals surface area contributed by atoms with E-state index in [0.29, 0.717) is 37.2 Å². The first-order valence-corrected chi connectivity index (χ1v) is 10.2. The number of aryl methyl sites for hydroxylation is 1. The number of rotatable bonds is 5. The van der Waals surface area contributed by atoms with Crippen LogP contribution in [0.4, 0.5) is 10.1 Å². The molecule has 3 heterocycles. The number of hydrogen-bond acceptors (Lipinski definition) is 5. The molecule has 0 aliphatic carbocycles. The van der Waals surface area contributed by atoms with Gasteiger partial charge in [-0.05, 0) is 18.2 Å². The van der Waals surface area contributed by atoms with Gasteiger partial charge >= 0.3 is 0 Å². The van der Waals surface area contributed by atoms with Crippen molar-refractivity contribution in [2.75, 3.05) is 31.6 Å². The molecular formula is C22H24FN7O2. The lowest BCUT2D eigenvalue weighted by Gasteiger charge is -2.35. The standard InChI is InChI=1S/C22H24FN7O2/c1-24-22(29-9-10-30(20(31)15-29)18-13-27-28(2)14-18)26-12-16-5-4-8-25-21(16)32-19-7-3-6-17(23)11-19/h3-8,11,13-14H,9-10,12,15H2,1-2H3,(H,24,26). The van der Waals surface area contributed by atoms with Crippen LogP contribution < -0.4 is 15.0 Å². The van der Waals surface area contributed by atoms with Crippen LogP contribution in [0.25, 0.3) is 0 Å². The highest BCUT2D eigenvalue weighted by molar-refractivity contribution is 5.98. The molecule has 10 heteroatoms. The van der Waals surface area contributed by atoms with Crippen molar-refractivity contribution in [1.29, 1.82) is 0 Å². The third-order valence-electron chi connectivity index (χ3n) is 5.03. The van der Waals surface area contributed by atoms with Crippen LogP contribution in [-0.4, -0.2) is 58.2 Å². The molecule has 1 saturated heterocycles. The summed E-state index contributed by atoms with van der Waals surface area (Å²) >= 11 is 0. The number of nitrogens with one attached hydrogen (secondary N) is 1. The maximum atomic E-state index is 13.5. The van der Waals surface area contributed by atoms with Crippen molar-refractivity contribution < 1.29 is 13.9 Å². The summed E-state index contributed by atoms with van der Waals surface area (Å²) in [6, 6.07) is 9.57. The van der Waals surface area contributed by atoms with E-state index in [1.807, 2.05) is 24.2 Å². The quantitative estimate of drug-likeness (QED) is 0.486. The van der Waals surface area contributed by atoms with E-state index in [0.717, 1.165) is 11.3 Å². The van der Waals surface area contributed by atoms with Crippen molar-refractivity contribution in [2.24, 2.45) is 12.0 Å². The Morgan fingerprint density at radius 2 is 2.16 bits per heavy atom. The number of anilines is 1. The number of hydrogen-bond donors (Lipinski definition) is 1. The molecule has 1 amide bonds. The average molecular weight is 437 g/mol. The van der Waals surface area contributed by atoms with E-state index in [1.54, 1.807) is 47.2 Å². The number of carbonyl (C=O) groups excluding carboxylic acids is 1. The summed E-state index contributed by atoms with van der Waals surface area (Å²) in [6.07, 6.45) is 5.12. The number of amides is 1. The van der Waals surface area contributed by atoms with Gasteiger partial charge in [0.15, 0.2) is 5.96 Å². The molecule has 32 heavy (non-hydrogen) atoms. The highest BCUT2D eigenvalue weighted by Crippen LogP contribution is 2.23. The van der Waals surface area contributed by atoms with Crippen LogP contribution >= 0.6 is 0 Å². The zero-order chi connectivity index (χ0) is 22.5. The molecule has 1 aromatic carbocycles. The van der Waals surface area contributed by atoms with Crippen LogP contribution in [0.1, 0.15) is 5.56 Å². The Morgan fingerprint density at radius 1 is 1.28 bits per heavy atom. The summed E-state index contributed by atoms with van der Waals surface area (Å²) in [5.41, 5.74) is 1.56. The normalized spacial score (nSPS) is 14.6. The van der Waals surface area contributed by atoms with E-state index < -0.39 is 0 Å². The second-order valence-electron chi connectivity index (χ2n) is 7.27. The lowest BCUT2D eigenvalue weighted by Crippen LogP contribution is -2.55. The van der Waals surface area contributed by atoms with Gasteiger partial charge in [0.1, 0.15) is 18.1 Å². The van der Waals surface area contributed by atoms with Gasteiger partial charge in [0, 0.05) is 57.8 Å². The lowest BCUT2D eigenvalue weighted by atomic mass is 10.2. The zero-order valence-electron chi connectivity index (χ0n) is 17.9. The molecule has 9 nitrogen and oxygen atoms in total. The summed E-state index contributed by atoms with van der Waals surface area (Å²) in [5.74, 6) is 0.937. The summed E-state index contributed by atoms with van der Waals surface area (Å²) in [5, 5.41) is 7.40. The number of ether oxygens (including phenoxy) is 1. The molecule has 1 aliphatic heterocycles. The van der Waals surface area contributed by atoms with Crippen molar-refractivity contribution in [2.45, 2.75) is 6.54 Å². The zero-order valence-corrected chi connectivity index (χ0v) is 17.9. The van der Waals surface area contributed by atoms with Crippen molar-refractivity contribution in [3.05, 3.63) is 66.4 Å². The molecular weight excluding hydrogens is 413 g/mol. The van der Waals surface area contributed by atoms with E-state index in [4.69, 9.17) is 4.74 Å². The first-order valence-electron chi connectivity index (χ1n) is 10.2. The van der Waals surface area contributed by atoms with Crippen molar-refractivity contribution in [3.8, 4) is 11.6 Å². The largest absolute Gasteiger partial charge is 0.439 e. The molecule has 3 aromatic rings. The number of halogens is 1. The molecule has 0 spiro atoms. The molecule has 1 fully saturated rings. The first-order chi connectivity index (χ1) is 15.5. The minimum Gasteiger partial charge on any atom is -0.439 e. The van der Waals surface area contributed by atoms with Crippen molar-refractivity contribution >= 4 is 17.6 Å². The molecule has 2 aromatic heterocycles. The molecule has 0 saturated carbocycles. The van der Waals surface area contributed by atoms with Gasteiger partial charge in [0.2, 0.25) is 11.8 Å². The summed E-state index contributed by atoms with van der Waals surface area (Å²) in [6.45, 7) is 1.74. The van der Waals surface area contributed by atoms with E-state index in [1.165, 1.54) is 12.1 Å². The predicted octanol–water partition coefficient (Wildman–Crippen LogP) is 2.17. The van der Waals surface area contributed by atoms with Crippen LogP contribution in [0.15, 0.2) is 60.0 Å². The first kappa shape index (κ1) is 21.3. The van der Waals surface area contributed by atoms with Crippen LogP contribution in [0.5, 0.6) is 11.6 Å². The van der Waals surface area contributed by atoms with E-state index in [2.05, 4.69) is 20.4 Å². The van der Waals surface area contributed by atoms with Crippen molar-refractivity contribution in [3.63, 3.8) is 0 Å². The number of guanidine groups is 1. The minimum absolute atomic E-state index is 0.0243. The fourth-order valence-electron chi connectivity index (χ4n) is 3.47. The van der Waals surface area contributed by atoms with Crippen molar-refractivity contribution in [1.82, 2.24) is 25.0 Å². The number of benzene rings is 1. The van der Waals surface area contributed by atoms with Gasteiger partial charge in [-0.15, -0.1) is 0 Å². The van der Waals surface area contributed by atoms with Gasteiger partial charge in [-0.3, -0.25) is 14.5 Å². The third kappa shape index (κ3) is 4.85.